The highest BCUT2D eigenvalue weighted by atomic mass is 32.1. The number of hydrogen-bond acceptors (Lipinski definition) is 4. The summed E-state index contributed by atoms with van der Waals surface area (Å²) in [5.74, 6) is 0.761. The van der Waals surface area contributed by atoms with Gasteiger partial charge in [-0.1, -0.05) is 37.6 Å². The topological polar surface area (TPSA) is 55.6 Å². The van der Waals surface area contributed by atoms with E-state index in [2.05, 4.69) is 24.4 Å². The molecule has 0 aliphatic rings. The van der Waals surface area contributed by atoms with Crippen molar-refractivity contribution in [3.63, 3.8) is 0 Å². The van der Waals surface area contributed by atoms with Gasteiger partial charge in [-0.25, -0.2) is 4.98 Å². The average Bonchev–Trinajstić information content (AvgIpc) is 3.35. The second kappa shape index (κ2) is 9.13. The Morgan fingerprint density at radius 1 is 1.20 bits per heavy atom. The Morgan fingerprint density at radius 3 is 2.80 bits per heavy atom. The molecule has 0 bridgehead atoms. The first-order valence-electron chi connectivity index (χ1n) is 10.1. The molecule has 0 unspecified atom stereocenters. The molecule has 4 aromatic rings. The summed E-state index contributed by atoms with van der Waals surface area (Å²) in [5.41, 5.74) is 4.91. The number of unbranched alkanes of at least 4 members (excludes halogenated alkanes) is 1. The number of aryl methyl sites for hydroxylation is 1. The van der Waals surface area contributed by atoms with Gasteiger partial charge in [0.05, 0.1) is 19.2 Å². The second-order valence-electron chi connectivity index (χ2n) is 7.26. The van der Waals surface area contributed by atoms with Crippen LogP contribution in [0, 0.1) is 0 Å². The Labute approximate surface area is 180 Å². The predicted molar refractivity (Wildman–Crippen MR) is 122 cm³/mol. The third-order valence-corrected chi connectivity index (χ3v) is 5.94. The van der Waals surface area contributed by atoms with E-state index in [0.29, 0.717) is 6.42 Å². The van der Waals surface area contributed by atoms with Crippen LogP contribution < -0.4 is 10.1 Å². The zero-order valence-electron chi connectivity index (χ0n) is 17.2. The van der Waals surface area contributed by atoms with Crippen molar-refractivity contribution in [2.75, 3.05) is 12.4 Å². The number of carbonyl (C=O) groups is 1. The number of methoxy groups -OCH3 is 1. The lowest BCUT2D eigenvalue weighted by molar-refractivity contribution is -0.115. The summed E-state index contributed by atoms with van der Waals surface area (Å²) >= 11 is 1.54. The Balaban J connectivity index is 1.46. The van der Waals surface area contributed by atoms with Crippen LogP contribution in [0.15, 0.2) is 60.1 Å². The summed E-state index contributed by atoms with van der Waals surface area (Å²) in [7, 11) is 1.65. The lowest BCUT2D eigenvalue weighted by atomic mass is 10.1. The van der Waals surface area contributed by atoms with Gasteiger partial charge in [-0.15, -0.1) is 11.3 Å². The number of benzene rings is 2. The molecular weight excluding hydrogens is 394 g/mol. The van der Waals surface area contributed by atoms with Crippen LogP contribution in [-0.2, 0) is 17.6 Å². The molecule has 6 heteroatoms. The molecular formula is C24H25N3O2S. The molecule has 1 amide bonds. The number of hydrogen-bond donors (Lipinski definition) is 1. The molecule has 2 heterocycles. The van der Waals surface area contributed by atoms with Gasteiger partial charge in [0, 0.05) is 28.5 Å². The fourth-order valence-electron chi connectivity index (χ4n) is 3.38. The van der Waals surface area contributed by atoms with Gasteiger partial charge in [0.25, 0.3) is 0 Å². The second-order valence-corrected chi connectivity index (χ2v) is 8.10. The normalized spacial score (nSPS) is 11.0. The van der Waals surface area contributed by atoms with Crippen molar-refractivity contribution >= 4 is 27.9 Å². The number of thiazole rings is 1. The molecule has 154 valence electrons. The van der Waals surface area contributed by atoms with Crippen LogP contribution >= 0.6 is 11.3 Å². The minimum atomic E-state index is -0.0346. The SMILES string of the molecule is CCCCc1ccc(NC(=O)Cc2csc3nc(-c4cccc(OC)c4)cn23)cc1. The summed E-state index contributed by atoms with van der Waals surface area (Å²) in [5, 5.41) is 4.99. The monoisotopic (exact) mass is 419 g/mol. The van der Waals surface area contributed by atoms with Crippen LogP contribution in [0.1, 0.15) is 31.0 Å². The molecule has 2 aromatic heterocycles. The average molecular weight is 420 g/mol. The molecule has 0 atom stereocenters. The van der Waals surface area contributed by atoms with Crippen LogP contribution in [-0.4, -0.2) is 22.4 Å². The van der Waals surface area contributed by atoms with Crippen molar-refractivity contribution in [3.05, 3.63) is 71.4 Å². The van der Waals surface area contributed by atoms with E-state index in [4.69, 9.17) is 9.72 Å². The fraction of sp³-hybridized carbons (Fsp3) is 0.250. The van der Waals surface area contributed by atoms with Crippen LogP contribution in [0.3, 0.4) is 0 Å². The molecule has 0 aliphatic heterocycles. The first kappa shape index (κ1) is 20.2. The Hall–Kier alpha value is -3.12. The number of amides is 1. The third kappa shape index (κ3) is 4.54. The van der Waals surface area contributed by atoms with Crippen molar-refractivity contribution < 1.29 is 9.53 Å². The Kier molecular flexibility index (Phi) is 6.14. The number of fused-ring (bicyclic) bond motifs is 1. The Bertz CT molecular complexity index is 1140. The lowest BCUT2D eigenvalue weighted by Gasteiger charge is -2.06. The Morgan fingerprint density at radius 2 is 2.03 bits per heavy atom. The van der Waals surface area contributed by atoms with E-state index >= 15 is 0 Å². The zero-order valence-corrected chi connectivity index (χ0v) is 18.0. The molecule has 0 radical (unpaired) electrons. The van der Waals surface area contributed by atoms with Crippen LogP contribution in [0.2, 0.25) is 0 Å². The largest absolute Gasteiger partial charge is 0.497 e. The molecule has 0 saturated carbocycles. The van der Waals surface area contributed by atoms with Crippen molar-refractivity contribution in [1.29, 1.82) is 0 Å². The quantitative estimate of drug-likeness (QED) is 0.405. The highest BCUT2D eigenvalue weighted by Gasteiger charge is 2.13. The number of rotatable bonds is 8. The van der Waals surface area contributed by atoms with Gasteiger partial charge in [-0.05, 0) is 42.7 Å². The smallest absolute Gasteiger partial charge is 0.230 e. The van der Waals surface area contributed by atoms with Gasteiger partial charge in [0.2, 0.25) is 5.91 Å². The van der Waals surface area contributed by atoms with Crippen molar-refractivity contribution in [1.82, 2.24) is 9.38 Å². The summed E-state index contributed by atoms with van der Waals surface area (Å²) in [4.78, 5) is 18.2. The van der Waals surface area contributed by atoms with Crippen LogP contribution in [0.4, 0.5) is 5.69 Å². The zero-order chi connectivity index (χ0) is 20.9. The maximum atomic E-state index is 12.6. The third-order valence-electron chi connectivity index (χ3n) is 5.05. The predicted octanol–water partition coefficient (Wildman–Crippen LogP) is 5.60. The van der Waals surface area contributed by atoms with E-state index in [1.54, 1.807) is 7.11 Å². The molecule has 1 N–H and O–H groups in total. The van der Waals surface area contributed by atoms with Gasteiger partial charge >= 0.3 is 0 Å². The van der Waals surface area contributed by atoms with Crippen molar-refractivity contribution in [3.8, 4) is 17.0 Å². The highest BCUT2D eigenvalue weighted by Crippen LogP contribution is 2.26. The first-order valence-corrected chi connectivity index (χ1v) is 11.0. The minimum Gasteiger partial charge on any atom is -0.497 e. The molecule has 2 aromatic carbocycles. The molecule has 0 saturated heterocycles. The molecule has 0 aliphatic carbocycles. The number of imidazole rings is 1. The van der Waals surface area contributed by atoms with Gasteiger partial charge < -0.3 is 10.1 Å². The summed E-state index contributed by atoms with van der Waals surface area (Å²) < 4.78 is 7.30. The van der Waals surface area contributed by atoms with Gasteiger partial charge in [-0.3, -0.25) is 9.20 Å². The molecule has 4 rings (SSSR count). The van der Waals surface area contributed by atoms with E-state index in [0.717, 1.165) is 39.8 Å². The summed E-state index contributed by atoms with van der Waals surface area (Å²) in [6.45, 7) is 2.19. The number of ether oxygens (including phenoxy) is 1. The van der Waals surface area contributed by atoms with Crippen molar-refractivity contribution in [2.24, 2.45) is 0 Å². The number of nitrogens with zero attached hydrogens (tertiary/aromatic N) is 2. The van der Waals surface area contributed by atoms with E-state index in [1.165, 1.54) is 29.7 Å². The van der Waals surface area contributed by atoms with E-state index < -0.39 is 0 Å². The number of carbonyl (C=O) groups excluding carboxylic acids is 1. The maximum absolute atomic E-state index is 12.6. The van der Waals surface area contributed by atoms with Gasteiger partial charge in [-0.2, -0.15) is 0 Å². The molecule has 5 nitrogen and oxygen atoms in total. The fourth-order valence-corrected chi connectivity index (χ4v) is 4.26. The number of aromatic nitrogens is 2. The maximum Gasteiger partial charge on any atom is 0.230 e. The van der Waals surface area contributed by atoms with E-state index in [1.807, 2.05) is 52.4 Å². The van der Waals surface area contributed by atoms with Gasteiger partial charge in [0.1, 0.15) is 5.75 Å². The minimum absolute atomic E-state index is 0.0346. The van der Waals surface area contributed by atoms with E-state index in [9.17, 15) is 4.79 Å². The van der Waals surface area contributed by atoms with Crippen molar-refractivity contribution in [2.45, 2.75) is 32.6 Å². The van der Waals surface area contributed by atoms with Gasteiger partial charge in [0.15, 0.2) is 4.96 Å². The van der Waals surface area contributed by atoms with Crippen LogP contribution in [0.25, 0.3) is 16.2 Å². The van der Waals surface area contributed by atoms with E-state index in [-0.39, 0.29) is 5.91 Å². The molecule has 0 spiro atoms. The molecule has 0 fully saturated rings. The standard InChI is InChI=1S/C24H25N3O2S/c1-3-4-6-17-9-11-19(12-10-17)25-23(28)14-20-16-30-24-26-22(15-27(20)24)18-7-5-8-21(13-18)29-2/h5,7-13,15-16H,3-4,6,14H2,1-2H3,(H,25,28). The van der Waals surface area contributed by atoms with Crippen LogP contribution in [0.5, 0.6) is 5.75 Å². The first-order chi connectivity index (χ1) is 14.7. The lowest BCUT2D eigenvalue weighted by Crippen LogP contribution is -2.15. The number of anilines is 1. The number of nitrogens with one attached hydrogen (secondary N) is 1. The molecule has 30 heavy (non-hydrogen) atoms. The highest BCUT2D eigenvalue weighted by molar-refractivity contribution is 7.15. The summed E-state index contributed by atoms with van der Waals surface area (Å²) in [6.07, 6.45) is 5.72. The summed E-state index contributed by atoms with van der Waals surface area (Å²) in [6, 6.07) is 16.0.